The van der Waals surface area contributed by atoms with E-state index in [1.54, 1.807) is 24.3 Å². The predicted molar refractivity (Wildman–Crippen MR) is 83.8 cm³/mol. The van der Waals surface area contributed by atoms with E-state index < -0.39 is 11.8 Å². The minimum atomic E-state index is -0.644. The fourth-order valence-electron chi connectivity index (χ4n) is 1.86. The highest BCUT2D eigenvalue weighted by atomic mass is 16.3. The number of benzene rings is 2. The lowest BCUT2D eigenvalue weighted by atomic mass is 10.2. The van der Waals surface area contributed by atoms with Gasteiger partial charge in [-0.3, -0.25) is 25.2 Å². The third-order valence-electron chi connectivity index (χ3n) is 2.88. The number of hydrazine groups is 1. The number of carbonyl (C=O) groups excluding carboxylic acids is 3. The first-order chi connectivity index (χ1) is 11.0. The van der Waals surface area contributed by atoms with E-state index >= 15 is 0 Å². The van der Waals surface area contributed by atoms with E-state index in [-0.39, 0.29) is 22.8 Å². The van der Waals surface area contributed by atoms with Crippen LogP contribution in [0, 0.1) is 0 Å². The molecule has 2 aromatic carbocycles. The molecule has 0 atom stereocenters. The first-order valence-electron chi connectivity index (χ1n) is 6.73. The largest absolute Gasteiger partial charge is 0.507 e. The molecule has 0 saturated heterocycles. The Labute approximate surface area is 132 Å². The first kappa shape index (κ1) is 16.0. The van der Waals surface area contributed by atoms with Gasteiger partial charge in [0.2, 0.25) is 5.91 Å². The van der Waals surface area contributed by atoms with Crippen molar-refractivity contribution in [2.24, 2.45) is 0 Å². The van der Waals surface area contributed by atoms with E-state index in [1.165, 1.54) is 31.2 Å². The molecule has 0 fully saturated rings. The summed E-state index contributed by atoms with van der Waals surface area (Å²) in [5, 5.41) is 12.1. The molecular weight excluding hydrogens is 298 g/mol. The van der Waals surface area contributed by atoms with Crippen LogP contribution in [0.5, 0.6) is 5.75 Å². The Hall–Kier alpha value is -3.35. The standard InChI is InChI=1S/C16H15N3O4/c1-10(20)17-12-6-4-5-11(9-12)15(22)18-19-16(23)13-7-2-3-8-14(13)21/h2-9,21H,1H3,(H,17,20)(H,18,22)(H,19,23). The van der Waals surface area contributed by atoms with Gasteiger partial charge in [0.05, 0.1) is 5.56 Å². The van der Waals surface area contributed by atoms with Gasteiger partial charge >= 0.3 is 0 Å². The van der Waals surface area contributed by atoms with Gasteiger partial charge in [0.25, 0.3) is 11.8 Å². The van der Waals surface area contributed by atoms with Crippen molar-refractivity contribution in [3.05, 3.63) is 59.7 Å². The number of aromatic hydroxyl groups is 1. The third kappa shape index (κ3) is 4.31. The van der Waals surface area contributed by atoms with Gasteiger partial charge in [-0.15, -0.1) is 0 Å². The smallest absolute Gasteiger partial charge is 0.273 e. The molecule has 3 amide bonds. The lowest BCUT2D eigenvalue weighted by Gasteiger charge is -2.09. The van der Waals surface area contributed by atoms with E-state index in [9.17, 15) is 19.5 Å². The normalized spacial score (nSPS) is 9.78. The van der Waals surface area contributed by atoms with Crippen molar-refractivity contribution < 1.29 is 19.5 Å². The maximum absolute atomic E-state index is 12.0. The van der Waals surface area contributed by atoms with Crippen molar-refractivity contribution in [2.75, 3.05) is 5.32 Å². The summed E-state index contributed by atoms with van der Waals surface area (Å²) in [5.74, 6) is -1.64. The van der Waals surface area contributed by atoms with E-state index in [0.29, 0.717) is 5.69 Å². The second kappa shape index (κ2) is 7.08. The summed E-state index contributed by atoms with van der Waals surface area (Å²) < 4.78 is 0. The number of rotatable bonds is 3. The minimum Gasteiger partial charge on any atom is -0.507 e. The molecule has 0 saturated carbocycles. The number of amides is 3. The van der Waals surface area contributed by atoms with Gasteiger partial charge < -0.3 is 10.4 Å². The van der Waals surface area contributed by atoms with Crippen LogP contribution in [0.1, 0.15) is 27.6 Å². The topological polar surface area (TPSA) is 108 Å². The zero-order valence-electron chi connectivity index (χ0n) is 12.3. The molecule has 2 rings (SSSR count). The monoisotopic (exact) mass is 313 g/mol. The average Bonchev–Trinajstić information content (AvgIpc) is 2.52. The Bertz CT molecular complexity index is 758. The fourth-order valence-corrected chi connectivity index (χ4v) is 1.86. The molecule has 23 heavy (non-hydrogen) atoms. The summed E-state index contributed by atoms with van der Waals surface area (Å²) in [7, 11) is 0. The Morgan fingerprint density at radius 1 is 0.913 bits per heavy atom. The van der Waals surface area contributed by atoms with Gasteiger partial charge in [-0.2, -0.15) is 0 Å². The number of nitrogens with one attached hydrogen (secondary N) is 3. The van der Waals surface area contributed by atoms with Gasteiger partial charge in [-0.05, 0) is 30.3 Å². The number of carbonyl (C=O) groups is 3. The maximum Gasteiger partial charge on any atom is 0.273 e. The second-order valence-electron chi connectivity index (χ2n) is 4.69. The predicted octanol–water partition coefficient (Wildman–Crippen LogP) is 1.43. The number of hydrogen-bond donors (Lipinski definition) is 4. The Morgan fingerprint density at radius 2 is 1.61 bits per heavy atom. The van der Waals surface area contributed by atoms with Crippen LogP contribution in [-0.2, 0) is 4.79 Å². The van der Waals surface area contributed by atoms with Crippen molar-refractivity contribution >= 4 is 23.4 Å². The van der Waals surface area contributed by atoms with Crippen LogP contribution in [0.3, 0.4) is 0 Å². The number of phenols is 1. The molecule has 0 spiro atoms. The molecule has 0 radical (unpaired) electrons. The Balaban J connectivity index is 2.01. The van der Waals surface area contributed by atoms with Gasteiger partial charge in [0.1, 0.15) is 5.75 Å². The van der Waals surface area contributed by atoms with Crippen LogP contribution in [0.4, 0.5) is 5.69 Å². The van der Waals surface area contributed by atoms with Crippen LogP contribution in [0.25, 0.3) is 0 Å². The van der Waals surface area contributed by atoms with E-state index in [0.717, 1.165) is 0 Å². The molecule has 4 N–H and O–H groups in total. The quantitative estimate of drug-likeness (QED) is 0.643. The zero-order chi connectivity index (χ0) is 16.8. The van der Waals surface area contributed by atoms with E-state index in [4.69, 9.17) is 0 Å². The van der Waals surface area contributed by atoms with E-state index in [1.807, 2.05) is 0 Å². The highest BCUT2D eigenvalue weighted by Crippen LogP contribution is 2.15. The summed E-state index contributed by atoms with van der Waals surface area (Å²) in [6.07, 6.45) is 0. The van der Waals surface area contributed by atoms with Crippen LogP contribution in [0.2, 0.25) is 0 Å². The molecule has 0 aromatic heterocycles. The van der Waals surface area contributed by atoms with Gasteiger partial charge in [0, 0.05) is 18.2 Å². The second-order valence-corrected chi connectivity index (χ2v) is 4.69. The number of hydrogen-bond acceptors (Lipinski definition) is 4. The molecule has 7 nitrogen and oxygen atoms in total. The molecule has 2 aromatic rings. The minimum absolute atomic E-state index is 0.0415. The van der Waals surface area contributed by atoms with Crippen molar-refractivity contribution in [1.29, 1.82) is 0 Å². The first-order valence-corrected chi connectivity index (χ1v) is 6.73. The molecule has 0 unspecified atom stereocenters. The van der Waals surface area contributed by atoms with Crippen molar-refractivity contribution in [2.45, 2.75) is 6.92 Å². The summed E-state index contributed by atoms with van der Waals surface area (Å²) in [5.41, 5.74) is 5.22. The SMILES string of the molecule is CC(=O)Nc1cccc(C(=O)NNC(=O)c2ccccc2O)c1. The number of para-hydroxylation sites is 1. The maximum atomic E-state index is 12.0. The van der Waals surface area contributed by atoms with Crippen LogP contribution in [-0.4, -0.2) is 22.8 Å². The van der Waals surface area contributed by atoms with Crippen molar-refractivity contribution in [1.82, 2.24) is 10.9 Å². The number of phenolic OH excluding ortho intramolecular Hbond substituents is 1. The average molecular weight is 313 g/mol. The molecular formula is C16H15N3O4. The third-order valence-corrected chi connectivity index (χ3v) is 2.88. The summed E-state index contributed by atoms with van der Waals surface area (Å²) in [6, 6.07) is 12.2. The summed E-state index contributed by atoms with van der Waals surface area (Å²) in [6.45, 7) is 1.36. The van der Waals surface area contributed by atoms with Crippen LogP contribution in [0.15, 0.2) is 48.5 Å². The van der Waals surface area contributed by atoms with Gasteiger partial charge in [-0.1, -0.05) is 18.2 Å². The van der Waals surface area contributed by atoms with Crippen LogP contribution < -0.4 is 16.2 Å². The summed E-state index contributed by atoms with van der Waals surface area (Å²) in [4.78, 5) is 34.9. The van der Waals surface area contributed by atoms with Crippen molar-refractivity contribution in [3.63, 3.8) is 0 Å². The molecule has 7 heteroatoms. The van der Waals surface area contributed by atoms with Gasteiger partial charge in [0.15, 0.2) is 0 Å². The van der Waals surface area contributed by atoms with Crippen molar-refractivity contribution in [3.8, 4) is 5.75 Å². The number of anilines is 1. The summed E-state index contributed by atoms with van der Waals surface area (Å²) >= 11 is 0. The zero-order valence-corrected chi connectivity index (χ0v) is 12.3. The molecule has 0 aliphatic heterocycles. The molecule has 0 heterocycles. The highest BCUT2D eigenvalue weighted by Gasteiger charge is 2.12. The van der Waals surface area contributed by atoms with Gasteiger partial charge in [-0.25, -0.2) is 0 Å². The Morgan fingerprint density at radius 3 is 2.30 bits per heavy atom. The highest BCUT2D eigenvalue weighted by molar-refractivity contribution is 6.01. The molecule has 0 aliphatic carbocycles. The lowest BCUT2D eigenvalue weighted by molar-refractivity contribution is -0.114. The molecule has 118 valence electrons. The van der Waals surface area contributed by atoms with Crippen LogP contribution >= 0.6 is 0 Å². The molecule has 0 aliphatic rings. The Kier molecular flexibility index (Phi) is 4.93. The fraction of sp³-hybridized carbons (Fsp3) is 0.0625. The lowest BCUT2D eigenvalue weighted by Crippen LogP contribution is -2.41. The van der Waals surface area contributed by atoms with E-state index in [2.05, 4.69) is 16.2 Å². The molecule has 0 bridgehead atoms.